The molecule has 0 aliphatic heterocycles. The number of hydrogen-bond acceptors (Lipinski definition) is 2. The first-order valence-corrected chi connectivity index (χ1v) is 5.59. The largest absolute Gasteiger partial charge is 0.456 e. The van der Waals surface area contributed by atoms with Gasteiger partial charge in [-0.2, -0.15) is 0 Å². The summed E-state index contributed by atoms with van der Waals surface area (Å²) in [6.45, 7) is 9.33. The molecule has 0 aliphatic rings. The molecule has 0 atom stereocenters. The number of carbonyl (C=O) groups excluding carboxylic acids is 1. The van der Waals surface area contributed by atoms with Gasteiger partial charge in [0.1, 0.15) is 5.60 Å². The zero-order valence-corrected chi connectivity index (χ0v) is 11.3. The van der Waals surface area contributed by atoms with Gasteiger partial charge in [-0.15, -0.1) is 0 Å². The minimum Gasteiger partial charge on any atom is -0.456 e. The number of ether oxygens (including phenoxy) is 1. The Morgan fingerprint density at radius 1 is 1.27 bits per heavy atom. The van der Waals surface area contributed by atoms with Crippen molar-refractivity contribution in [3.8, 4) is 0 Å². The summed E-state index contributed by atoms with van der Waals surface area (Å²) in [5.74, 6) is -0.295. The summed E-state index contributed by atoms with van der Waals surface area (Å²) in [4.78, 5) is 14.9. The monoisotopic (exact) mass is 273 g/mol. The Balaban J connectivity index is 3.02. The number of aromatic nitrogens is 1. The molecule has 0 saturated carbocycles. The van der Waals surface area contributed by atoms with Gasteiger partial charge in [0, 0.05) is 11.4 Å². The van der Waals surface area contributed by atoms with Crippen LogP contribution in [0.25, 0.3) is 0 Å². The topological polar surface area (TPSA) is 42.1 Å². The number of carbonyl (C=O) groups is 1. The van der Waals surface area contributed by atoms with Gasteiger partial charge in [0.05, 0.1) is 10.0 Å². The van der Waals surface area contributed by atoms with Crippen LogP contribution in [0.3, 0.4) is 0 Å². The first-order chi connectivity index (χ1) is 6.72. The van der Waals surface area contributed by atoms with Crippen molar-refractivity contribution >= 4 is 21.9 Å². The lowest BCUT2D eigenvalue weighted by molar-refractivity contribution is 0.00679. The van der Waals surface area contributed by atoms with Gasteiger partial charge < -0.3 is 9.72 Å². The van der Waals surface area contributed by atoms with Gasteiger partial charge in [-0.25, -0.2) is 4.79 Å². The van der Waals surface area contributed by atoms with E-state index >= 15 is 0 Å². The van der Waals surface area contributed by atoms with Crippen LogP contribution in [0.2, 0.25) is 0 Å². The highest BCUT2D eigenvalue weighted by Gasteiger charge is 2.23. The molecule has 0 aromatic carbocycles. The average molecular weight is 274 g/mol. The molecule has 0 amide bonds. The predicted octanol–water partition coefficient (Wildman–Crippen LogP) is 3.35. The molecular formula is C11H16BrNO2. The molecule has 0 fully saturated rings. The molecule has 84 valence electrons. The van der Waals surface area contributed by atoms with Crippen molar-refractivity contribution in [3.05, 3.63) is 21.4 Å². The Kier molecular flexibility index (Phi) is 3.28. The third-order valence-corrected chi connectivity index (χ3v) is 2.89. The molecule has 0 spiro atoms. The fourth-order valence-corrected chi connectivity index (χ4v) is 1.88. The third-order valence-electron chi connectivity index (χ3n) is 1.90. The van der Waals surface area contributed by atoms with E-state index in [1.54, 1.807) is 0 Å². The van der Waals surface area contributed by atoms with E-state index in [-0.39, 0.29) is 5.97 Å². The van der Waals surface area contributed by atoms with Crippen LogP contribution in [-0.4, -0.2) is 16.6 Å². The smallest absolute Gasteiger partial charge is 0.341 e. The lowest BCUT2D eigenvalue weighted by atomic mass is 10.2. The Hall–Kier alpha value is -0.770. The van der Waals surface area contributed by atoms with Gasteiger partial charge in [-0.3, -0.25) is 0 Å². The van der Waals surface area contributed by atoms with Crippen LogP contribution in [0, 0.1) is 13.8 Å². The second-order valence-corrected chi connectivity index (χ2v) is 5.36. The number of aryl methyl sites for hydroxylation is 2. The lowest BCUT2D eigenvalue weighted by Gasteiger charge is -2.19. The predicted molar refractivity (Wildman–Crippen MR) is 63.1 cm³/mol. The minimum absolute atomic E-state index is 0.295. The highest BCUT2D eigenvalue weighted by molar-refractivity contribution is 9.10. The summed E-state index contributed by atoms with van der Waals surface area (Å²) in [7, 11) is 0. The second kappa shape index (κ2) is 4.00. The molecule has 1 aromatic rings. The van der Waals surface area contributed by atoms with Gasteiger partial charge >= 0.3 is 5.97 Å². The number of halogens is 1. The van der Waals surface area contributed by atoms with E-state index in [4.69, 9.17) is 4.74 Å². The Bertz CT molecular complexity index is 388. The van der Waals surface area contributed by atoms with Gasteiger partial charge in [-0.05, 0) is 50.5 Å². The van der Waals surface area contributed by atoms with E-state index < -0.39 is 5.60 Å². The summed E-state index contributed by atoms with van der Waals surface area (Å²) in [5.41, 5.74) is 1.89. The molecule has 4 heteroatoms. The molecular weight excluding hydrogens is 258 g/mol. The zero-order chi connectivity index (χ0) is 11.8. The van der Waals surface area contributed by atoms with Crippen LogP contribution >= 0.6 is 15.9 Å². The van der Waals surface area contributed by atoms with Crippen molar-refractivity contribution in [1.29, 1.82) is 0 Å². The molecule has 0 saturated heterocycles. The van der Waals surface area contributed by atoms with E-state index in [1.807, 2.05) is 34.6 Å². The van der Waals surface area contributed by atoms with Gasteiger partial charge in [-0.1, -0.05) is 0 Å². The summed E-state index contributed by atoms with van der Waals surface area (Å²) < 4.78 is 6.10. The molecule has 1 heterocycles. The summed E-state index contributed by atoms with van der Waals surface area (Å²) in [5, 5.41) is 0. The van der Waals surface area contributed by atoms with Gasteiger partial charge in [0.15, 0.2) is 0 Å². The van der Waals surface area contributed by atoms with Crippen LogP contribution in [0.15, 0.2) is 4.47 Å². The maximum atomic E-state index is 11.8. The molecule has 1 aromatic heterocycles. The van der Waals surface area contributed by atoms with Crippen molar-refractivity contribution in [2.45, 2.75) is 40.2 Å². The maximum Gasteiger partial charge on any atom is 0.341 e. The fraction of sp³-hybridized carbons (Fsp3) is 0.545. The van der Waals surface area contributed by atoms with Crippen LogP contribution in [-0.2, 0) is 4.74 Å². The first kappa shape index (κ1) is 12.3. The molecule has 0 unspecified atom stereocenters. The van der Waals surface area contributed by atoms with E-state index in [9.17, 15) is 4.79 Å². The SMILES string of the molecule is Cc1[nH]c(C)c(C(=O)OC(C)(C)C)c1Br. The van der Waals surface area contributed by atoms with E-state index in [1.165, 1.54) is 0 Å². The van der Waals surface area contributed by atoms with E-state index in [0.29, 0.717) is 5.56 Å². The van der Waals surface area contributed by atoms with Crippen molar-refractivity contribution < 1.29 is 9.53 Å². The second-order valence-electron chi connectivity index (χ2n) is 4.57. The first-order valence-electron chi connectivity index (χ1n) is 4.80. The normalized spacial score (nSPS) is 11.6. The minimum atomic E-state index is -0.464. The molecule has 1 N–H and O–H groups in total. The quantitative estimate of drug-likeness (QED) is 0.798. The highest BCUT2D eigenvalue weighted by Crippen LogP contribution is 2.26. The number of nitrogens with one attached hydrogen (secondary N) is 1. The van der Waals surface area contributed by atoms with Crippen LogP contribution < -0.4 is 0 Å². The summed E-state index contributed by atoms with van der Waals surface area (Å²) >= 11 is 3.38. The fourth-order valence-electron chi connectivity index (χ4n) is 1.32. The Morgan fingerprint density at radius 2 is 1.80 bits per heavy atom. The van der Waals surface area contributed by atoms with Crippen molar-refractivity contribution in [3.63, 3.8) is 0 Å². The highest BCUT2D eigenvalue weighted by atomic mass is 79.9. The number of H-pyrrole nitrogens is 1. The Morgan fingerprint density at radius 3 is 2.13 bits per heavy atom. The van der Waals surface area contributed by atoms with Crippen LogP contribution in [0.5, 0.6) is 0 Å². The van der Waals surface area contributed by atoms with Crippen LogP contribution in [0.4, 0.5) is 0 Å². The number of esters is 1. The molecule has 0 bridgehead atoms. The Labute approximate surface area is 98.3 Å². The molecule has 1 rings (SSSR count). The number of rotatable bonds is 1. The number of hydrogen-bond donors (Lipinski definition) is 1. The molecule has 3 nitrogen and oxygen atoms in total. The van der Waals surface area contributed by atoms with Crippen molar-refractivity contribution in [2.75, 3.05) is 0 Å². The van der Waals surface area contributed by atoms with Crippen molar-refractivity contribution in [2.24, 2.45) is 0 Å². The molecule has 0 radical (unpaired) electrons. The zero-order valence-electron chi connectivity index (χ0n) is 9.69. The average Bonchev–Trinajstić information content (AvgIpc) is 2.22. The van der Waals surface area contributed by atoms with E-state index in [0.717, 1.165) is 15.9 Å². The molecule has 15 heavy (non-hydrogen) atoms. The summed E-state index contributed by atoms with van der Waals surface area (Å²) in [6.07, 6.45) is 0. The number of aromatic amines is 1. The maximum absolute atomic E-state index is 11.8. The third kappa shape index (κ3) is 2.84. The van der Waals surface area contributed by atoms with Crippen molar-refractivity contribution in [1.82, 2.24) is 4.98 Å². The molecule has 0 aliphatic carbocycles. The lowest BCUT2D eigenvalue weighted by Crippen LogP contribution is -2.24. The van der Waals surface area contributed by atoms with E-state index in [2.05, 4.69) is 20.9 Å². The van der Waals surface area contributed by atoms with Crippen LogP contribution in [0.1, 0.15) is 42.5 Å². The standard InChI is InChI=1S/C11H16BrNO2/c1-6-8(9(12)7(2)13-6)10(14)15-11(3,4)5/h13H,1-5H3. The van der Waals surface area contributed by atoms with Gasteiger partial charge in [0.2, 0.25) is 0 Å². The summed E-state index contributed by atoms with van der Waals surface area (Å²) in [6, 6.07) is 0. The van der Waals surface area contributed by atoms with Gasteiger partial charge in [0.25, 0.3) is 0 Å².